The third-order valence-electron chi connectivity index (χ3n) is 3.04. The highest BCUT2D eigenvalue weighted by atomic mass is 16.5. The first-order valence-electron chi connectivity index (χ1n) is 6.60. The van der Waals surface area contributed by atoms with Crippen molar-refractivity contribution in [2.24, 2.45) is 0 Å². The second-order valence-corrected chi connectivity index (χ2v) is 4.18. The molecule has 1 rings (SSSR count). The van der Waals surface area contributed by atoms with Crippen molar-refractivity contribution < 1.29 is 4.74 Å². The van der Waals surface area contributed by atoms with Gasteiger partial charge >= 0.3 is 0 Å². The highest BCUT2D eigenvalue weighted by molar-refractivity contribution is 5.44. The topological polar surface area (TPSA) is 64.3 Å². The van der Waals surface area contributed by atoms with Gasteiger partial charge in [0.05, 0.1) is 5.56 Å². The van der Waals surface area contributed by atoms with Crippen molar-refractivity contribution in [3.63, 3.8) is 0 Å². The first-order valence-corrected chi connectivity index (χ1v) is 6.60. The van der Waals surface area contributed by atoms with Crippen molar-refractivity contribution in [2.45, 2.75) is 34.1 Å². The maximum Gasteiger partial charge on any atom is 0.221 e. The van der Waals surface area contributed by atoms with E-state index in [0.29, 0.717) is 18.3 Å². The Labute approximate surface area is 109 Å². The minimum absolute atomic E-state index is 0.514. The molecule has 1 heterocycles. The molecule has 0 aromatic carbocycles. The van der Waals surface area contributed by atoms with E-state index in [2.05, 4.69) is 28.7 Å². The number of rotatable bonds is 7. The number of hydrogen-bond donors (Lipinski definition) is 1. The quantitative estimate of drug-likeness (QED) is 0.799. The maximum absolute atomic E-state index is 5.84. The molecule has 1 aromatic rings. The van der Waals surface area contributed by atoms with Gasteiger partial charge < -0.3 is 15.4 Å². The van der Waals surface area contributed by atoms with Gasteiger partial charge in [-0.05, 0) is 20.0 Å². The summed E-state index contributed by atoms with van der Waals surface area (Å²) in [7, 11) is 0. The predicted molar refractivity (Wildman–Crippen MR) is 73.8 cm³/mol. The summed E-state index contributed by atoms with van der Waals surface area (Å²) in [6.07, 6.45) is 0.761. The lowest BCUT2D eigenvalue weighted by Gasteiger charge is -2.18. The number of nitrogens with two attached hydrogens (primary N) is 1. The number of aromatic nitrogens is 2. The molecule has 0 unspecified atom stereocenters. The van der Waals surface area contributed by atoms with Crippen LogP contribution in [-0.4, -0.2) is 41.1 Å². The molecule has 2 N–H and O–H groups in total. The van der Waals surface area contributed by atoms with Gasteiger partial charge in [-0.15, -0.1) is 0 Å². The zero-order valence-corrected chi connectivity index (χ0v) is 11.9. The fourth-order valence-electron chi connectivity index (χ4n) is 1.67. The monoisotopic (exact) mass is 252 g/mol. The molecule has 0 atom stereocenters. The van der Waals surface area contributed by atoms with Gasteiger partial charge in [-0.2, -0.15) is 4.98 Å². The number of likely N-dealkylation sites (N-methyl/N-ethyl adjacent to an activating group) is 1. The molecule has 5 nitrogen and oxygen atoms in total. The predicted octanol–water partition coefficient (Wildman–Crippen LogP) is 1.65. The lowest BCUT2D eigenvalue weighted by Crippen LogP contribution is -2.28. The van der Waals surface area contributed by atoms with Crippen molar-refractivity contribution >= 4 is 5.82 Å². The standard InChI is InChI=1S/C13H24N4O/c1-5-11-15-12(14)10(4)13(16-11)18-9-8-17(6-2)7-3/h5-9H2,1-4H3,(H2,14,15,16). The van der Waals surface area contributed by atoms with Crippen LogP contribution in [0.4, 0.5) is 5.82 Å². The van der Waals surface area contributed by atoms with Crippen LogP contribution in [0.2, 0.25) is 0 Å². The summed E-state index contributed by atoms with van der Waals surface area (Å²) in [5, 5.41) is 0. The first kappa shape index (κ1) is 14.7. The van der Waals surface area contributed by atoms with Gasteiger partial charge in [-0.1, -0.05) is 20.8 Å². The number of aryl methyl sites for hydroxylation is 1. The van der Waals surface area contributed by atoms with E-state index in [4.69, 9.17) is 10.5 Å². The third kappa shape index (κ3) is 3.84. The van der Waals surface area contributed by atoms with Gasteiger partial charge in [0, 0.05) is 13.0 Å². The SMILES string of the molecule is CCc1nc(N)c(C)c(OCCN(CC)CC)n1. The number of nitrogens with zero attached hydrogens (tertiary/aromatic N) is 3. The van der Waals surface area contributed by atoms with Crippen LogP contribution >= 0.6 is 0 Å². The lowest BCUT2D eigenvalue weighted by molar-refractivity contribution is 0.216. The summed E-state index contributed by atoms with van der Waals surface area (Å²) in [5.74, 6) is 1.86. The molecule has 0 saturated heterocycles. The van der Waals surface area contributed by atoms with E-state index in [1.165, 1.54) is 0 Å². The Morgan fingerprint density at radius 1 is 1.17 bits per heavy atom. The van der Waals surface area contributed by atoms with Crippen molar-refractivity contribution in [1.29, 1.82) is 0 Å². The summed E-state index contributed by atoms with van der Waals surface area (Å²) in [4.78, 5) is 10.9. The Balaban J connectivity index is 2.64. The molecule has 0 aliphatic carbocycles. The molecule has 102 valence electrons. The molecule has 0 bridgehead atoms. The van der Waals surface area contributed by atoms with Crippen molar-refractivity contribution in [3.8, 4) is 5.88 Å². The first-order chi connectivity index (χ1) is 8.62. The Bertz CT molecular complexity index is 377. The van der Waals surface area contributed by atoms with E-state index in [1.54, 1.807) is 0 Å². The van der Waals surface area contributed by atoms with Gasteiger partial charge in [0.15, 0.2) is 0 Å². The van der Waals surface area contributed by atoms with Crippen LogP contribution in [0.15, 0.2) is 0 Å². The highest BCUT2D eigenvalue weighted by Crippen LogP contribution is 2.19. The van der Waals surface area contributed by atoms with Gasteiger partial charge in [-0.25, -0.2) is 4.98 Å². The molecule has 18 heavy (non-hydrogen) atoms. The number of anilines is 1. The van der Waals surface area contributed by atoms with Crippen LogP contribution in [0.5, 0.6) is 5.88 Å². The minimum Gasteiger partial charge on any atom is -0.476 e. The summed E-state index contributed by atoms with van der Waals surface area (Å²) >= 11 is 0. The average molecular weight is 252 g/mol. The number of hydrogen-bond acceptors (Lipinski definition) is 5. The van der Waals surface area contributed by atoms with E-state index in [-0.39, 0.29) is 0 Å². The van der Waals surface area contributed by atoms with Crippen molar-refractivity contribution in [2.75, 3.05) is 32.0 Å². The molecule has 1 aromatic heterocycles. The molecular formula is C13H24N4O. The summed E-state index contributed by atoms with van der Waals surface area (Å²) in [5.41, 5.74) is 6.67. The molecule has 0 amide bonds. The van der Waals surface area contributed by atoms with Crippen LogP contribution in [0.3, 0.4) is 0 Å². The van der Waals surface area contributed by atoms with E-state index in [0.717, 1.165) is 37.4 Å². The number of nitrogen functional groups attached to an aromatic ring is 1. The molecule has 0 aliphatic rings. The van der Waals surface area contributed by atoms with Gasteiger partial charge in [0.2, 0.25) is 5.88 Å². The van der Waals surface area contributed by atoms with Crippen LogP contribution in [-0.2, 0) is 6.42 Å². The Morgan fingerprint density at radius 3 is 2.39 bits per heavy atom. The molecule has 0 fully saturated rings. The summed E-state index contributed by atoms with van der Waals surface area (Å²) in [6, 6.07) is 0. The van der Waals surface area contributed by atoms with E-state index in [9.17, 15) is 0 Å². The van der Waals surface area contributed by atoms with E-state index in [1.807, 2.05) is 13.8 Å². The van der Waals surface area contributed by atoms with Crippen LogP contribution in [0.1, 0.15) is 32.2 Å². The van der Waals surface area contributed by atoms with Crippen molar-refractivity contribution in [3.05, 3.63) is 11.4 Å². The fourth-order valence-corrected chi connectivity index (χ4v) is 1.67. The summed E-state index contributed by atoms with van der Waals surface area (Å²) in [6.45, 7) is 11.8. The van der Waals surface area contributed by atoms with Gasteiger partial charge in [0.1, 0.15) is 18.2 Å². The molecule has 0 spiro atoms. The van der Waals surface area contributed by atoms with Crippen LogP contribution in [0.25, 0.3) is 0 Å². The minimum atomic E-state index is 0.514. The zero-order valence-electron chi connectivity index (χ0n) is 11.9. The van der Waals surface area contributed by atoms with Gasteiger partial charge in [-0.3, -0.25) is 0 Å². The fraction of sp³-hybridized carbons (Fsp3) is 0.692. The molecule has 0 aliphatic heterocycles. The van der Waals surface area contributed by atoms with E-state index < -0.39 is 0 Å². The number of ether oxygens (including phenoxy) is 1. The van der Waals surface area contributed by atoms with Crippen LogP contribution < -0.4 is 10.5 Å². The molecule has 0 saturated carbocycles. The Morgan fingerprint density at radius 2 is 1.83 bits per heavy atom. The maximum atomic E-state index is 5.84. The van der Waals surface area contributed by atoms with Crippen molar-refractivity contribution in [1.82, 2.24) is 14.9 Å². The van der Waals surface area contributed by atoms with Crippen LogP contribution in [0, 0.1) is 6.92 Å². The second kappa shape index (κ2) is 7.16. The average Bonchev–Trinajstić information content (AvgIpc) is 2.39. The normalized spacial score (nSPS) is 10.9. The largest absolute Gasteiger partial charge is 0.476 e. The smallest absolute Gasteiger partial charge is 0.221 e. The molecular weight excluding hydrogens is 228 g/mol. The molecule has 5 heteroatoms. The Hall–Kier alpha value is -1.36. The summed E-state index contributed by atoms with van der Waals surface area (Å²) < 4.78 is 5.72. The zero-order chi connectivity index (χ0) is 13.5. The van der Waals surface area contributed by atoms with E-state index >= 15 is 0 Å². The highest BCUT2D eigenvalue weighted by Gasteiger charge is 2.09. The third-order valence-corrected chi connectivity index (χ3v) is 3.04. The lowest BCUT2D eigenvalue weighted by atomic mass is 10.3. The molecule has 0 radical (unpaired) electrons. The van der Waals surface area contributed by atoms with Gasteiger partial charge in [0.25, 0.3) is 0 Å². The Kier molecular flexibility index (Phi) is 5.85. The second-order valence-electron chi connectivity index (χ2n) is 4.18.